The summed E-state index contributed by atoms with van der Waals surface area (Å²) < 4.78 is 41.3. The number of carbonyl (C=O) groups excluding carboxylic acids is 5. The lowest BCUT2D eigenvalue weighted by Crippen LogP contribution is -2.44. The van der Waals surface area contributed by atoms with Gasteiger partial charge in [-0.1, -0.05) is 54.6 Å². The van der Waals surface area contributed by atoms with Crippen LogP contribution in [0.15, 0.2) is 145 Å². The van der Waals surface area contributed by atoms with Gasteiger partial charge in [0.15, 0.2) is 11.6 Å². The number of fused-ring (bicyclic) bond motifs is 2. The molecule has 3 N–H and O–H groups in total. The van der Waals surface area contributed by atoms with Gasteiger partial charge in [0.25, 0.3) is 0 Å². The molecule has 0 bridgehead atoms. The Morgan fingerprint density at radius 2 is 1.39 bits per heavy atom. The normalized spacial score (nSPS) is 17.3. The second-order valence-corrected chi connectivity index (χ2v) is 21.4. The summed E-state index contributed by atoms with van der Waals surface area (Å²) in [6.07, 6.45) is 7.65. The molecule has 0 radical (unpaired) electrons. The van der Waals surface area contributed by atoms with Crippen LogP contribution in [0.1, 0.15) is 54.3 Å². The standard InChI is InChI=1S/C61H54BrF2N11O7/c1-34(76)47-30-73(50-16-14-37(22-45(47)50)40-18-19-67-68-27-40)33-57(79)75-29-42(63)24-53(75)59(80)69-49-11-6-10-44(58(49)64)43-9-5-4-8-39(43)20-36-21-52(60(81)71-55-13-7-12-54(62)70-55)74(28-36)56(78)32-72-31-48(35(2)77)46-23-38(15-17-51(46)72)41-25-65-61(82-3)66-26-41/h4-19,22-23,25-27,30-31,35-36,42,52-53,77H,20-21,24,28-29,32-33H2,1-3H3,(H,69,80)(H,70,71,81)/t35?,36-,42-,52+,53+/m1/s1. The van der Waals surface area contributed by atoms with Crippen LogP contribution in [0, 0.1) is 11.7 Å². The molecule has 2 fully saturated rings. The Balaban J connectivity index is 0.819. The van der Waals surface area contributed by atoms with Crippen LogP contribution < -0.4 is 15.4 Å². The van der Waals surface area contributed by atoms with Crippen molar-refractivity contribution in [2.75, 3.05) is 30.8 Å². The number of amides is 4. The second-order valence-electron chi connectivity index (χ2n) is 20.6. The molecular weight excluding hydrogens is 1120 g/mol. The number of ether oxygens (including phenoxy) is 1. The average Bonchev–Trinajstić information content (AvgIpc) is 4.31. The molecule has 0 saturated carbocycles. The molecule has 1 unspecified atom stereocenters. The van der Waals surface area contributed by atoms with Crippen LogP contribution in [0.25, 0.3) is 55.2 Å². The first-order valence-corrected chi connectivity index (χ1v) is 27.3. The summed E-state index contributed by atoms with van der Waals surface area (Å²) in [5.41, 5.74) is 6.58. The van der Waals surface area contributed by atoms with E-state index in [9.17, 15) is 29.1 Å². The van der Waals surface area contributed by atoms with Gasteiger partial charge in [0.05, 0.1) is 37.8 Å². The van der Waals surface area contributed by atoms with Gasteiger partial charge >= 0.3 is 6.01 Å². The first-order valence-electron chi connectivity index (χ1n) is 26.5. The van der Waals surface area contributed by atoms with Gasteiger partial charge in [0, 0.05) is 87.4 Å². The van der Waals surface area contributed by atoms with Crippen LogP contribution in [-0.4, -0.2) is 117 Å². The van der Waals surface area contributed by atoms with Crippen LogP contribution >= 0.6 is 15.9 Å². The summed E-state index contributed by atoms with van der Waals surface area (Å²) in [5, 5.41) is 25.6. The first kappa shape index (κ1) is 54.9. The third kappa shape index (κ3) is 11.2. The molecule has 0 aliphatic carbocycles. The van der Waals surface area contributed by atoms with Crippen molar-refractivity contribution >= 4 is 78.7 Å². The molecule has 416 valence electrons. The minimum atomic E-state index is -1.52. The van der Waals surface area contributed by atoms with Crippen LogP contribution in [0.3, 0.4) is 0 Å². The fourth-order valence-electron chi connectivity index (χ4n) is 11.3. The fraction of sp³-hybridized carbons (Fsp3) is 0.246. The summed E-state index contributed by atoms with van der Waals surface area (Å²) in [7, 11) is 1.48. The van der Waals surface area contributed by atoms with Crippen molar-refractivity contribution in [3.8, 4) is 39.4 Å². The molecule has 9 aromatic rings. The van der Waals surface area contributed by atoms with E-state index in [0.717, 1.165) is 38.1 Å². The minimum Gasteiger partial charge on any atom is -0.467 e. The lowest BCUT2D eigenvalue weighted by Gasteiger charge is -2.24. The molecule has 18 nitrogen and oxygen atoms in total. The number of aliphatic hydroxyl groups excluding tert-OH is 1. The highest BCUT2D eigenvalue weighted by Gasteiger charge is 2.42. The van der Waals surface area contributed by atoms with E-state index in [0.29, 0.717) is 50.0 Å². The summed E-state index contributed by atoms with van der Waals surface area (Å²) in [6, 6.07) is 27.8. The molecule has 82 heavy (non-hydrogen) atoms. The number of carbonyl (C=O) groups is 5. The van der Waals surface area contributed by atoms with Gasteiger partial charge in [-0.15, -0.1) is 0 Å². The number of methoxy groups -OCH3 is 1. The van der Waals surface area contributed by atoms with Crippen molar-refractivity contribution in [2.24, 2.45) is 5.92 Å². The smallest absolute Gasteiger partial charge is 0.316 e. The number of aromatic nitrogens is 7. The van der Waals surface area contributed by atoms with Gasteiger partial charge in [-0.25, -0.2) is 23.7 Å². The number of likely N-dealkylation sites (tertiary alicyclic amines) is 2. The molecule has 2 aliphatic rings. The minimum absolute atomic E-state index is 0.154. The van der Waals surface area contributed by atoms with Gasteiger partial charge in [0.1, 0.15) is 41.8 Å². The lowest BCUT2D eigenvalue weighted by molar-refractivity contribution is -0.137. The number of nitrogens with zero attached hydrogens (tertiary/aromatic N) is 9. The number of alkyl halides is 1. The Labute approximate surface area is 477 Å². The van der Waals surface area contributed by atoms with E-state index >= 15 is 8.78 Å². The van der Waals surface area contributed by atoms with Gasteiger partial charge in [-0.05, 0) is 119 Å². The number of Topliss-reactive ketones (excluding diaryl/α,β-unsaturated/α-hetero) is 1. The third-order valence-corrected chi connectivity index (χ3v) is 15.7. The molecule has 4 amide bonds. The Bertz CT molecular complexity index is 3950. The zero-order valence-corrected chi connectivity index (χ0v) is 46.3. The molecule has 2 saturated heterocycles. The van der Waals surface area contributed by atoms with Gasteiger partial charge in [-0.2, -0.15) is 10.2 Å². The van der Waals surface area contributed by atoms with Crippen molar-refractivity contribution in [2.45, 2.75) is 70.6 Å². The number of benzene rings is 4. The number of halogens is 3. The number of nitrogens with one attached hydrogen (secondary N) is 2. The summed E-state index contributed by atoms with van der Waals surface area (Å²) in [6.45, 7) is 2.46. The van der Waals surface area contributed by atoms with Crippen LogP contribution in [-0.2, 0) is 38.7 Å². The topological polar surface area (TPSA) is 220 Å². The molecule has 21 heteroatoms. The quantitative estimate of drug-likeness (QED) is 0.0609. The molecule has 5 aromatic heterocycles. The monoisotopic (exact) mass is 1170 g/mol. The molecule has 4 aromatic carbocycles. The number of rotatable bonds is 16. The van der Waals surface area contributed by atoms with E-state index in [1.165, 1.54) is 20.1 Å². The van der Waals surface area contributed by atoms with Crippen LogP contribution in [0.5, 0.6) is 6.01 Å². The summed E-state index contributed by atoms with van der Waals surface area (Å²) in [4.78, 5) is 85.6. The van der Waals surface area contributed by atoms with E-state index in [1.54, 1.807) is 113 Å². The fourth-order valence-corrected chi connectivity index (χ4v) is 11.6. The highest BCUT2D eigenvalue weighted by Crippen LogP contribution is 2.37. The lowest BCUT2D eigenvalue weighted by atomic mass is 9.90. The van der Waals surface area contributed by atoms with E-state index in [4.69, 9.17) is 4.74 Å². The maximum Gasteiger partial charge on any atom is 0.316 e. The van der Waals surface area contributed by atoms with E-state index in [1.807, 2.05) is 42.5 Å². The van der Waals surface area contributed by atoms with Crippen molar-refractivity contribution < 1.29 is 42.6 Å². The average molecular weight is 1170 g/mol. The Morgan fingerprint density at radius 1 is 0.732 bits per heavy atom. The highest BCUT2D eigenvalue weighted by atomic mass is 79.9. The number of hydrogen-bond donors (Lipinski definition) is 3. The van der Waals surface area contributed by atoms with Crippen molar-refractivity contribution in [3.05, 3.63) is 167 Å². The largest absolute Gasteiger partial charge is 0.467 e. The predicted octanol–water partition coefficient (Wildman–Crippen LogP) is 9.41. The summed E-state index contributed by atoms with van der Waals surface area (Å²) in [5.74, 6) is -3.08. The second kappa shape index (κ2) is 23.2. The Hall–Kier alpha value is -9.08. The maximum absolute atomic E-state index is 17.0. The third-order valence-electron chi connectivity index (χ3n) is 15.2. The Kier molecular flexibility index (Phi) is 15.5. The highest BCUT2D eigenvalue weighted by molar-refractivity contribution is 9.10. The zero-order valence-electron chi connectivity index (χ0n) is 44.7. The Morgan fingerprint density at radius 3 is 2.10 bits per heavy atom. The number of ketones is 1. The van der Waals surface area contributed by atoms with Crippen molar-refractivity contribution in [1.82, 2.24) is 44.1 Å². The number of aliphatic hydroxyl groups is 1. The van der Waals surface area contributed by atoms with Crippen LogP contribution in [0.2, 0.25) is 0 Å². The van der Waals surface area contributed by atoms with E-state index in [-0.39, 0.29) is 73.9 Å². The molecular formula is C61H54BrF2N11O7. The maximum atomic E-state index is 17.0. The van der Waals surface area contributed by atoms with Gasteiger partial charge in [-0.3, -0.25) is 24.0 Å². The number of pyridine rings is 1. The predicted molar refractivity (Wildman–Crippen MR) is 306 cm³/mol. The van der Waals surface area contributed by atoms with E-state index in [2.05, 4.69) is 51.7 Å². The van der Waals surface area contributed by atoms with Crippen LogP contribution in [0.4, 0.5) is 20.3 Å². The summed E-state index contributed by atoms with van der Waals surface area (Å²) >= 11 is 3.36. The zero-order chi connectivity index (χ0) is 57.3. The SMILES string of the molecule is COc1ncc(-c2ccc3c(c2)c(C(C)O)cn3CC(=O)N2C[C@H](Cc3ccccc3-c3cccc(NC(=O)[C@@H]4C[C@@H](F)CN4C(=O)Cn4cc(C(C)=O)c5cc(-c6ccnnc6)ccc54)c3F)C[C@H]2C(=O)Nc2cccc(Br)n2)cn1. The van der Waals surface area contributed by atoms with E-state index < -0.39 is 47.9 Å². The molecule has 5 atom stereocenters. The van der Waals surface area contributed by atoms with Gasteiger partial charge in [0.2, 0.25) is 23.6 Å². The van der Waals surface area contributed by atoms with Gasteiger partial charge < -0.3 is 39.4 Å². The van der Waals surface area contributed by atoms with Crippen molar-refractivity contribution in [3.63, 3.8) is 0 Å². The van der Waals surface area contributed by atoms with Crippen molar-refractivity contribution in [1.29, 1.82) is 0 Å². The number of anilines is 2. The number of hydrogen-bond acceptors (Lipinski definition) is 12. The first-order chi connectivity index (χ1) is 39.6. The molecule has 11 rings (SSSR count). The molecule has 0 spiro atoms. The molecule has 2 aliphatic heterocycles. The molecule has 7 heterocycles.